The highest BCUT2D eigenvalue weighted by Gasteiger charge is 2.31. The Kier molecular flexibility index (Phi) is 8.28. The van der Waals surface area contributed by atoms with Crippen molar-refractivity contribution in [2.24, 2.45) is 0 Å². The summed E-state index contributed by atoms with van der Waals surface area (Å²) < 4.78 is 0. The third-order valence-corrected chi connectivity index (χ3v) is 12.9. The molecule has 3 atom stereocenters. The maximum absolute atomic E-state index is 2.70. The van der Waals surface area contributed by atoms with Crippen molar-refractivity contribution in [1.29, 1.82) is 0 Å². The van der Waals surface area contributed by atoms with E-state index in [1.807, 2.05) is 0 Å². The van der Waals surface area contributed by atoms with Crippen LogP contribution in [0.25, 0.3) is 62.4 Å². The first kappa shape index (κ1) is 33.9. The summed E-state index contributed by atoms with van der Waals surface area (Å²) in [6, 6.07) is 55.0. The van der Waals surface area contributed by atoms with Gasteiger partial charge in [-0.05, 0) is 133 Å². The predicted octanol–water partition coefficient (Wildman–Crippen LogP) is 12.4. The zero-order valence-electron chi connectivity index (χ0n) is 32.4. The number of benzene rings is 7. The van der Waals surface area contributed by atoms with E-state index in [1.54, 1.807) is 0 Å². The molecule has 0 amide bonds. The standard InChI is InChI=1S/C56H45N/c1-37-13-11-18-44(33-37)57(45-30-32-51-48-21-6-5-19-46(48)47-20-7-8-22-49(47)55(51)36-45)43-28-25-39(26-29-43)41-27-31-53-54(35-41)50-23-9-10-24-52(50)56(53)42-17-12-16-40(34-42)38-14-3-2-4-15-38/h2-7,9-21,23-29,31-32,34-36,44-45,56H,8,22,30,33H2,1H3. The topological polar surface area (TPSA) is 3.24 Å². The second-order valence-corrected chi connectivity index (χ2v) is 16.3. The lowest BCUT2D eigenvalue weighted by Gasteiger charge is -2.39. The summed E-state index contributed by atoms with van der Waals surface area (Å²) in [5.74, 6) is 0.208. The number of nitrogens with zero attached hydrogens (tertiary/aromatic N) is 1. The van der Waals surface area contributed by atoms with Crippen LogP contribution < -0.4 is 15.3 Å². The largest absolute Gasteiger partial charge is 0.358 e. The normalized spacial score (nSPS) is 18.8. The molecule has 11 rings (SSSR count). The van der Waals surface area contributed by atoms with Crippen LogP contribution in [0.3, 0.4) is 0 Å². The Morgan fingerprint density at radius 3 is 2.21 bits per heavy atom. The summed E-state index contributed by atoms with van der Waals surface area (Å²) in [6.07, 6.45) is 21.0. The lowest BCUT2D eigenvalue weighted by molar-refractivity contribution is 0.627. The Bertz CT molecular complexity index is 2920. The van der Waals surface area contributed by atoms with Gasteiger partial charge in [-0.3, -0.25) is 0 Å². The quantitative estimate of drug-likeness (QED) is 0.165. The van der Waals surface area contributed by atoms with Gasteiger partial charge in [-0.2, -0.15) is 0 Å². The van der Waals surface area contributed by atoms with Gasteiger partial charge in [0.05, 0.1) is 12.1 Å². The molecule has 0 aromatic heterocycles. The molecule has 274 valence electrons. The van der Waals surface area contributed by atoms with Crippen LogP contribution in [0.5, 0.6) is 0 Å². The molecule has 1 heteroatoms. The summed E-state index contributed by atoms with van der Waals surface area (Å²) >= 11 is 0. The molecular formula is C56H45N. The van der Waals surface area contributed by atoms with Crippen LogP contribution in [-0.2, 0) is 6.42 Å². The van der Waals surface area contributed by atoms with Crippen LogP contribution in [-0.4, -0.2) is 12.1 Å². The van der Waals surface area contributed by atoms with Crippen LogP contribution >= 0.6 is 0 Å². The number of hydrogen-bond donors (Lipinski definition) is 0. The average molecular weight is 732 g/mol. The van der Waals surface area contributed by atoms with Crippen LogP contribution in [0.15, 0.2) is 175 Å². The minimum absolute atomic E-state index is 0.208. The highest BCUT2D eigenvalue weighted by atomic mass is 15.2. The second-order valence-electron chi connectivity index (χ2n) is 16.3. The van der Waals surface area contributed by atoms with Gasteiger partial charge in [0.2, 0.25) is 0 Å². The van der Waals surface area contributed by atoms with E-state index in [0.717, 1.165) is 25.7 Å². The molecule has 7 aromatic carbocycles. The Balaban J connectivity index is 0.964. The van der Waals surface area contributed by atoms with E-state index in [9.17, 15) is 0 Å². The number of rotatable bonds is 6. The van der Waals surface area contributed by atoms with Crippen molar-refractivity contribution in [3.8, 4) is 33.4 Å². The minimum atomic E-state index is 0.208. The number of anilines is 1. The van der Waals surface area contributed by atoms with E-state index in [-0.39, 0.29) is 12.0 Å². The first-order chi connectivity index (χ1) is 28.2. The van der Waals surface area contributed by atoms with E-state index in [1.165, 1.54) is 93.7 Å². The molecule has 57 heavy (non-hydrogen) atoms. The molecule has 4 aliphatic carbocycles. The molecule has 0 radical (unpaired) electrons. The van der Waals surface area contributed by atoms with Gasteiger partial charge in [-0.25, -0.2) is 0 Å². The van der Waals surface area contributed by atoms with Gasteiger partial charge >= 0.3 is 0 Å². The zero-order chi connectivity index (χ0) is 37.9. The highest BCUT2D eigenvalue weighted by Crippen LogP contribution is 2.49. The van der Waals surface area contributed by atoms with E-state index in [4.69, 9.17) is 0 Å². The van der Waals surface area contributed by atoms with Crippen LogP contribution in [0.2, 0.25) is 0 Å². The molecule has 0 saturated heterocycles. The Morgan fingerprint density at radius 1 is 0.596 bits per heavy atom. The van der Waals surface area contributed by atoms with E-state index < -0.39 is 0 Å². The van der Waals surface area contributed by atoms with Gasteiger partial charge in [0.15, 0.2) is 0 Å². The van der Waals surface area contributed by atoms with Gasteiger partial charge in [0.1, 0.15) is 0 Å². The number of fused-ring (bicyclic) bond motifs is 9. The minimum Gasteiger partial charge on any atom is -0.358 e. The van der Waals surface area contributed by atoms with E-state index >= 15 is 0 Å². The van der Waals surface area contributed by atoms with E-state index in [0.29, 0.717) is 6.04 Å². The lowest BCUT2D eigenvalue weighted by atomic mass is 9.85. The van der Waals surface area contributed by atoms with Gasteiger partial charge < -0.3 is 4.90 Å². The molecule has 0 fully saturated rings. The third kappa shape index (κ3) is 5.84. The molecule has 0 N–H and O–H groups in total. The monoisotopic (exact) mass is 731 g/mol. The summed E-state index contributed by atoms with van der Waals surface area (Å²) in [6.45, 7) is 2.27. The number of hydrogen-bond acceptors (Lipinski definition) is 1. The molecule has 7 aromatic rings. The Morgan fingerprint density at radius 2 is 1.33 bits per heavy atom. The molecule has 0 saturated carbocycles. The number of allylic oxidation sites excluding steroid dienone is 3. The van der Waals surface area contributed by atoms with Crippen molar-refractivity contribution in [3.63, 3.8) is 0 Å². The first-order valence-electron chi connectivity index (χ1n) is 20.7. The molecule has 0 spiro atoms. The maximum atomic E-state index is 2.70. The molecule has 4 aliphatic rings. The van der Waals surface area contributed by atoms with Crippen molar-refractivity contribution < 1.29 is 0 Å². The summed E-state index contributed by atoms with van der Waals surface area (Å²) in [4.78, 5) is 2.70. The lowest BCUT2D eigenvalue weighted by Crippen LogP contribution is -2.46. The maximum Gasteiger partial charge on any atom is 0.0523 e. The van der Waals surface area contributed by atoms with Crippen molar-refractivity contribution in [1.82, 2.24) is 0 Å². The van der Waals surface area contributed by atoms with Crippen molar-refractivity contribution >= 4 is 34.7 Å². The van der Waals surface area contributed by atoms with Crippen molar-refractivity contribution in [2.75, 3.05) is 4.90 Å². The fourth-order valence-electron chi connectivity index (χ4n) is 10.3. The zero-order valence-corrected chi connectivity index (χ0v) is 32.4. The average Bonchev–Trinajstić information content (AvgIpc) is 3.61. The molecule has 0 heterocycles. The Hall–Kier alpha value is -6.44. The summed E-state index contributed by atoms with van der Waals surface area (Å²) in [5, 5.41) is 5.63. The van der Waals surface area contributed by atoms with Gasteiger partial charge in [-0.1, -0.05) is 175 Å². The third-order valence-electron chi connectivity index (χ3n) is 12.9. The molecule has 0 aliphatic heterocycles. The second kappa shape index (κ2) is 13.9. The first-order valence-corrected chi connectivity index (χ1v) is 20.7. The fraction of sp³-hybridized carbons (Fsp3) is 0.143. The summed E-state index contributed by atoms with van der Waals surface area (Å²) in [7, 11) is 0. The molecule has 0 bridgehead atoms. The smallest absolute Gasteiger partial charge is 0.0523 e. The van der Waals surface area contributed by atoms with Crippen molar-refractivity contribution in [2.45, 2.75) is 50.6 Å². The van der Waals surface area contributed by atoms with E-state index in [2.05, 4.69) is 200 Å². The highest BCUT2D eigenvalue weighted by molar-refractivity contribution is 5.94. The molecular weight excluding hydrogens is 687 g/mol. The van der Waals surface area contributed by atoms with Gasteiger partial charge in [0.25, 0.3) is 0 Å². The summed E-state index contributed by atoms with van der Waals surface area (Å²) in [5.41, 5.74) is 17.5. The fourth-order valence-corrected chi connectivity index (χ4v) is 10.3. The predicted molar refractivity (Wildman–Crippen MR) is 242 cm³/mol. The van der Waals surface area contributed by atoms with Gasteiger partial charge in [-0.15, -0.1) is 0 Å². The van der Waals surface area contributed by atoms with Crippen molar-refractivity contribution in [3.05, 3.63) is 214 Å². The SMILES string of the molecule is CC1=CC=CC(N(c2ccc(-c3ccc4c(c3)-c3ccccc3C4c3cccc(-c4ccccc4)c3)cc2)C2C=c3c4c(c5ccccc5c3=CC2)C=CCC4)C1. The molecule has 1 nitrogen and oxygen atoms in total. The Labute approximate surface area is 336 Å². The van der Waals surface area contributed by atoms with Gasteiger partial charge in [0, 0.05) is 11.6 Å². The van der Waals surface area contributed by atoms with Crippen LogP contribution in [0, 0.1) is 0 Å². The van der Waals surface area contributed by atoms with Crippen LogP contribution in [0.1, 0.15) is 59.9 Å². The van der Waals surface area contributed by atoms with Crippen LogP contribution in [0.4, 0.5) is 5.69 Å². The molecule has 3 unspecified atom stereocenters.